The molecule has 53 heavy (non-hydrogen) atoms. The number of nitrogens with zero attached hydrogens (tertiary/aromatic N) is 5. The Bertz CT molecular complexity index is 2120. The molecular formula is C39H43F3N8O3. The van der Waals surface area contributed by atoms with Gasteiger partial charge in [-0.25, -0.2) is 18.0 Å². The van der Waals surface area contributed by atoms with Gasteiger partial charge in [-0.1, -0.05) is 19.1 Å². The Kier molecular flexibility index (Phi) is 8.18. The third kappa shape index (κ3) is 5.99. The van der Waals surface area contributed by atoms with Gasteiger partial charge >= 0.3 is 6.03 Å². The number of aromatic amines is 2. The monoisotopic (exact) mass is 728 g/mol. The number of H-pyrrole nitrogens is 2. The zero-order valence-corrected chi connectivity index (χ0v) is 29.7. The lowest BCUT2D eigenvalue weighted by atomic mass is 9.87. The third-order valence-corrected chi connectivity index (χ3v) is 12.6. The van der Waals surface area contributed by atoms with Crippen molar-refractivity contribution in [3.8, 4) is 11.4 Å². The summed E-state index contributed by atoms with van der Waals surface area (Å²) in [6, 6.07) is 11.9. The Morgan fingerprint density at radius 2 is 1.75 bits per heavy atom. The van der Waals surface area contributed by atoms with Crippen molar-refractivity contribution in [2.75, 3.05) is 57.3 Å². The molecule has 278 valence electrons. The lowest BCUT2D eigenvalue weighted by molar-refractivity contribution is -0.120. The van der Waals surface area contributed by atoms with Gasteiger partial charge < -0.3 is 9.88 Å². The fourth-order valence-electron chi connectivity index (χ4n) is 9.14. The molecule has 4 fully saturated rings. The van der Waals surface area contributed by atoms with E-state index in [1.165, 1.54) is 11.0 Å². The standard InChI is InChI=1S/C39H43F3N8O3/c1-38-20-31-27(19-33(38)39(38,41)42)35(46-45-31)30-17-25-3-4-26(18-29(25)43-30)36(52)49-14-12-48(13-15-49)21-23-6-9-47(10-7-23)22-24-2-5-28(40)32(16-24)50-11-8-34(51)44-37(50)53/h2-5,16-18,23,33,43H,6-15,19-22H2,1H3,(H,45,46)(H,44,51,53)/t33-,38+/m0/s1. The number of fused-ring (bicyclic) bond motifs is 3. The van der Waals surface area contributed by atoms with Crippen LogP contribution in [0.4, 0.5) is 23.7 Å². The summed E-state index contributed by atoms with van der Waals surface area (Å²) in [5.41, 5.74) is 4.68. The molecule has 0 spiro atoms. The number of carbonyl (C=O) groups is 3. The highest BCUT2D eigenvalue weighted by molar-refractivity contribution is 6.05. The number of hydrogen-bond donors (Lipinski definition) is 3. The van der Waals surface area contributed by atoms with E-state index in [2.05, 4.69) is 30.3 Å². The Balaban J connectivity index is 0.761. The average molecular weight is 729 g/mol. The molecule has 2 aromatic heterocycles. The fraction of sp³-hybridized carbons (Fsp3) is 0.487. The first-order valence-corrected chi connectivity index (χ1v) is 18.7. The Morgan fingerprint density at radius 3 is 2.53 bits per heavy atom. The molecule has 0 bridgehead atoms. The Labute approximate surface area is 304 Å². The van der Waals surface area contributed by atoms with Gasteiger partial charge in [-0.05, 0) is 74.2 Å². The van der Waals surface area contributed by atoms with Crippen LogP contribution in [0, 0.1) is 23.1 Å². The first-order valence-electron chi connectivity index (χ1n) is 18.7. The second-order valence-electron chi connectivity index (χ2n) is 15.8. The van der Waals surface area contributed by atoms with E-state index in [0.717, 1.165) is 79.0 Å². The van der Waals surface area contributed by atoms with Crippen molar-refractivity contribution in [3.63, 3.8) is 0 Å². The molecule has 0 radical (unpaired) electrons. The summed E-state index contributed by atoms with van der Waals surface area (Å²) in [5, 5.41) is 10.7. The van der Waals surface area contributed by atoms with E-state index in [1.807, 2.05) is 29.2 Å². The second kappa shape index (κ2) is 12.7. The van der Waals surface area contributed by atoms with Crippen molar-refractivity contribution < 1.29 is 27.6 Å². The largest absolute Gasteiger partial charge is 0.353 e. The van der Waals surface area contributed by atoms with Crippen molar-refractivity contribution in [1.29, 1.82) is 0 Å². The topological polar surface area (TPSA) is 121 Å². The van der Waals surface area contributed by atoms with Crippen LogP contribution in [-0.4, -0.2) is 106 Å². The Morgan fingerprint density at radius 1 is 0.962 bits per heavy atom. The number of rotatable bonds is 7. The van der Waals surface area contributed by atoms with E-state index in [4.69, 9.17) is 0 Å². The van der Waals surface area contributed by atoms with Crippen molar-refractivity contribution in [2.45, 2.75) is 51.5 Å². The van der Waals surface area contributed by atoms with Crippen molar-refractivity contribution >= 4 is 34.4 Å². The minimum Gasteiger partial charge on any atom is -0.353 e. The highest BCUT2D eigenvalue weighted by Crippen LogP contribution is 2.70. The van der Waals surface area contributed by atoms with Crippen molar-refractivity contribution in [2.24, 2.45) is 17.3 Å². The van der Waals surface area contributed by atoms with Crippen molar-refractivity contribution in [3.05, 3.63) is 70.7 Å². The molecule has 3 saturated heterocycles. The van der Waals surface area contributed by atoms with Crippen LogP contribution in [0.1, 0.15) is 53.4 Å². The maximum absolute atomic E-state index is 14.6. The van der Waals surface area contributed by atoms with E-state index in [0.29, 0.717) is 49.7 Å². The molecule has 11 nitrogen and oxygen atoms in total. The summed E-state index contributed by atoms with van der Waals surface area (Å²) in [4.78, 5) is 48.8. The minimum atomic E-state index is -2.65. The molecule has 4 aromatic rings. The van der Waals surface area contributed by atoms with Crippen LogP contribution >= 0.6 is 0 Å². The lowest BCUT2D eigenvalue weighted by Crippen LogP contribution is -2.50. The van der Waals surface area contributed by atoms with Gasteiger partial charge in [0.2, 0.25) is 5.91 Å². The smallest absolute Gasteiger partial charge is 0.328 e. The molecular weight excluding hydrogens is 685 g/mol. The summed E-state index contributed by atoms with van der Waals surface area (Å²) in [7, 11) is 0. The maximum Gasteiger partial charge on any atom is 0.328 e. The number of alkyl halides is 2. The van der Waals surface area contributed by atoms with E-state index < -0.39 is 29.1 Å². The highest BCUT2D eigenvalue weighted by Gasteiger charge is 2.78. The van der Waals surface area contributed by atoms with Gasteiger partial charge in [-0.2, -0.15) is 5.10 Å². The number of nitrogens with one attached hydrogen (secondary N) is 3. The van der Waals surface area contributed by atoms with Crippen LogP contribution in [0.15, 0.2) is 42.5 Å². The molecule has 4 amide bonds. The first-order chi connectivity index (χ1) is 25.5. The highest BCUT2D eigenvalue weighted by atomic mass is 19.3. The van der Waals surface area contributed by atoms with Gasteiger partial charge in [0.15, 0.2) is 0 Å². The van der Waals surface area contributed by atoms with Gasteiger partial charge in [0, 0.05) is 97.7 Å². The molecule has 5 aliphatic rings. The number of carbonyl (C=O) groups excluding carboxylic acids is 3. The van der Waals surface area contributed by atoms with Gasteiger partial charge in [-0.15, -0.1) is 0 Å². The fourth-order valence-corrected chi connectivity index (χ4v) is 9.14. The van der Waals surface area contributed by atoms with Gasteiger partial charge in [0.25, 0.3) is 11.8 Å². The average Bonchev–Trinajstić information content (AvgIpc) is 3.53. The summed E-state index contributed by atoms with van der Waals surface area (Å²) in [6.07, 6.45) is 2.85. The molecule has 2 aliphatic carbocycles. The number of piperazine rings is 1. The number of likely N-dealkylation sites (tertiary alicyclic amines) is 1. The molecule has 9 rings (SSSR count). The van der Waals surface area contributed by atoms with Gasteiger partial charge in [0.1, 0.15) is 11.5 Å². The maximum atomic E-state index is 14.6. The van der Waals surface area contributed by atoms with E-state index >= 15 is 0 Å². The number of amides is 4. The lowest BCUT2D eigenvalue weighted by Gasteiger charge is -2.39. The zero-order valence-electron chi connectivity index (χ0n) is 29.7. The predicted molar refractivity (Wildman–Crippen MR) is 192 cm³/mol. The van der Waals surface area contributed by atoms with Crippen LogP contribution in [0.25, 0.3) is 22.3 Å². The molecule has 0 unspecified atom stereocenters. The van der Waals surface area contributed by atoms with Crippen LogP contribution in [0.5, 0.6) is 0 Å². The van der Waals surface area contributed by atoms with E-state index in [9.17, 15) is 27.6 Å². The van der Waals surface area contributed by atoms with Gasteiger partial charge in [0.05, 0.1) is 11.4 Å². The number of benzene rings is 2. The normalized spacial score (nSPS) is 25.0. The second-order valence-corrected chi connectivity index (χ2v) is 15.8. The summed E-state index contributed by atoms with van der Waals surface area (Å²) in [5.74, 6) is -3.57. The number of urea groups is 1. The SMILES string of the molecule is C[C@@]12Cc3[nH]nc(-c4cc5ccc(C(=O)N6CCN(CC7CCN(Cc8ccc(F)c(N9CCC(=O)NC9=O)c8)CC7)CC6)cc5[nH]4)c3C[C@@H]1C2(F)F. The summed E-state index contributed by atoms with van der Waals surface area (Å²) in [6.45, 7) is 8.28. The number of halogens is 3. The van der Waals surface area contributed by atoms with Crippen LogP contribution in [0.3, 0.4) is 0 Å². The number of piperidine rings is 1. The molecule has 14 heteroatoms. The molecule has 3 aliphatic heterocycles. The number of imide groups is 1. The van der Waals surface area contributed by atoms with Crippen LogP contribution < -0.4 is 10.2 Å². The molecule has 2 aromatic carbocycles. The van der Waals surface area contributed by atoms with Crippen LogP contribution in [0.2, 0.25) is 0 Å². The number of aromatic nitrogens is 3. The minimum absolute atomic E-state index is 0.00163. The molecule has 5 heterocycles. The van der Waals surface area contributed by atoms with Crippen molar-refractivity contribution in [1.82, 2.24) is 35.2 Å². The number of anilines is 1. The first kappa shape index (κ1) is 34.1. The van der Waals surface area contributed by atoms with E-state index in [1.54, 1.807) is 19.1 Å². The molecule has 1 saturated carbocycles. The van der Waals surface area contributed by atoms with Crippen LogP contribution in [-0.2, 0) is 24.2 Å². The zero-order chi connectivity index (χ0) is 36.6. The van der Waals surface area contributed by atoms with E-state index in [-0.39, 0.29) is 30.5 Å². The van der Waals surface area contributed by atoms with Gasteiger partial charge in [-0.3, -0.25) is 34.7 Å². The molecule has 2 atom stereocenters. The summed E-state index contributed by atoms with van der Waals surface area (Å²) >= 11 is 0. The molecule has 3 N–H and O–H groups in total. The predicted octanol–water partition coefficient (Wildman–Crippen LogP) is 5.18. The quantitative estimate of drug-likeness (QED) is 0.241. The third-order valence-electron chi connectivity index (χ3n) is 12.6. The Hall–Kier alpha value is -4.69. The summed E-state index contributed by atoms with van der Waals surface area (Å²) < 4.78 is 43.6. The number of hydrogen-bond acceptors (Lipinski definition) is 6.